The number of nitrogens with zero attached hydrogens (tertiary/aromatic N) is 1. The number of piperidine rings is 1. The van der Waals surface area contributed by atoms with Crippen molar-refractivity contribution >= 4 is 21.4 Å². The van der Waals surface area contributed by atoms with E-state index in [0.29, 0.717) is 17.3 Å². The number of nitriles is 1. The Labute approximate surface area is 111 Å². The van der Waals surface area contributed by atoms with Crippen LogP contribution < -0.4 is 10.0 Å². The Morgan fingerprint density at radius 3 is 2.78 bits per heavy atom. The largest absolute Gasteiger partial charge is 0.317 e. The van der Waals surface area contributed by atoms with Gasteiger partial charge in [0.15, 0.2) is 0 Å². The standard InChI is InChI=1S/C11H15N3O2S2/c12-7-10-1-2-11(17-10)18(15,16)14-8-9-3-5-13-6-4-9/h1-2,9,13-14H,3-6,8H2. The topological polar surface area (TPSA) is 82.0 Å². The first kappa shape index (κ1) is 13.5. The Kier molecular flexibility index (Phi) is 4.35. The third-order valence-corrected chi connectivity index (χ3v) is 5.88. The van der Waals surface area contributed by atoms with Crippen LogP contribution >= 0.6 is 11.3 Å². The van der Waals surface area contributed by atoms with Gasteiger partial charge in [0.25, 0.3) is 0 Å². The molecule has 2 rings (SSSR count). The fraction of sp³-hybridized carbons (Fsp3) is 0.545. The molecule has 0 unspecified atom stereocenters. The van der Waals surface area contributed by atoms with Gasteiger partial charge in [-0.05, 0) is 44.0 Å². The van der Waals surface area contributed by atoms with Gasteiger partial charge >= 0.3 is 0 Å². The average molecular weight is 285 g/mol. The van der Waals surface area contributed by atoms with Crippen LogP contribution in [0.2, 0.25) is 0 Å². The van der Waals surface area contributed by atoms with Crippen molar-refractivity contribution in [1.82, 2.24) is 10.0 Å². The van der Waals surface area contributed by atoms with Gasteiger partial charge in [-0.15, -0.1) is 11.3 Å². The second-order valence-corrected chi connectivity index (χ2v) is 7.35. The number of sulfonamides is 1. The van der Waals surface area contributed by atoms with E-state index >= 15 is 0 Å². The molecule has 0 bridgehead atoms. The molecule has 5 nitrogen and oxygen atoms in total. The monoisotopic (exact) mass is 285 g/mol. The van der Waals surface area contributed by atoms with Crippen LogP contribution in [0.3, 0.4) is 0 Å². The number of rotatable bonds is 4. The maximum Gasteiger partial charge on any atom is 0.250 e. The van der Waals surface area contributed by atoms with Gasteiger partial charge in [-0.2, -0.15) is 5.26 Å². The Balaban J connectivity index is 1.96. The molecule has 0 spiro atoms. The second kappa shape index (κ2) is 5.80. The lowest BCUT2D eigenvalue weighted by molar-refractivity contribution is 0.372. The fourth-order valence-electron chi connectivity index (χ4n) is 1.91. The lowest BCUT2D eigenvalue weighted by Gasteiger charge is -2.22. The van der Waals surface area contributed by atoms with Gasteiger partial charge < -0.3 is 5.32 Å². The van der Waals surface area contributed by atoms with Crippen LogP contribution in [0.5, 0.6) is 0 Å². The lowest BCUT2D eigenvalue weighted by Crippen LogP contribution is -2.35. The van der Waals surface area contributed by atoms with Crippen molar-refractivity contribution < 1.29 is 8.42 Å². The van der Waals surface area contributed by atoms with Gasteiger partial charge in [0.2, 0.25) is 10.0 Å². The van der Waals surface area contributed by atoms with E-state index in [-0.39, 0.29) is 4.21 Å². The molecular weight excluding hydrogens is 270 g/mol. The predicted molar refractivity (Wildman–Crippen MR) is 69.8 cm³/mol. The van der Waals surface area contributed by atoms with Crippen molar-refractivity contribution in [2.45, 2.75) is 17.1 Å². The molecule has 0 amide bonds. The zero-order valence-electron chi connectivity index (χ0n) is 9.85. The van der Waals surface area contributed by atoms with Gasteiger partial charge in [-0.25, -0.2) is 13.1 Å². The minimum Gasteiger partial charge on any atom is -0.317 e. The summed E-state index contributed by atoms with van der Waals surface area (Å²) in [4.78, 5) is 0.414. The highest BCUT2D eigenvalue weighted by molar-refractivity contribution is 7.91. The summed E-state index contributed by atoms with van der Waals surface area (Å²) in [6, 6.07) is 4.95. The Morgan fingerprint density at radius 1 is 1.44 bits per heavy atom. The van der Waals surface area contributed by atoms with Crippen LogP contribution in [0.15, 0.2) is 16.3 Å². The van der Waals surface area contributed by atoms with Gasteiger partial charge in [0, 0.05) is 6.54 Å². The molecule has 1 saturated heterocycles. The third kappa shape index (κ3) is 3.29. The molecule has 2 N–H and O–H groups in total. The minimum absolute atomic E-state index is 0.216. The van der Waals surface area contributed by atoms with Crippen LogP contribution in [0, 0.1) is 17.2 Å². The molecule has 1 aliphatic heterocycles. The summed E-state index contributed by atoms with van der Waals surface area (Å²) in [6.07, 6.45) is 1.99. The van der Waals surface area contributed by atoms with Crippen molar-refractivity contribution in [3.8, 4) is 6.07 Å². The molecule has 98 valence electrons. The maximum atomic E-state index is 12.0. The van der Waals surface area contributed by atoms with Gasteiger partial charge in [0.1, 0.15) is 15.2 Å². The number of nitrogens with one attached hydrogen (secondary N) is 2. The summed E-state index contributed by atoms with van der Waals surface area (Å²) >= 11 is 1.00. The van der Waals surface area contributed by atoms with E-state index in [2.05, 4.69) is 10.0 Å². The van der Waals surface area contributed by atoms with E-state index in [9.17, 15) is 8.42 Å². The van der Waals surface area contributed by atoms with Crippen LogP contribution in [0.25, 0.3) is 0 Å². The summed E-state index contributed by atoms with van der Waals surface area (Å²) in [5.74, 6) is 0.399. The first-order valence-corrected chi connectivity index (χ1v) is 8.12. The van der Waals surface area contributed by atoms with Crippen molar-refractivity contribution in [2.24, 2.45) is 5.92 Å². The Bertz CT molecular complexity index is 539. The maximum absolute atomic E-state index is 12.0. The first-order valence-electron chi connectivity index (χ1n) is 5.82. The highest BCUT2D eigenvalue weighted by Crippen LogP contribution is 2.21. The molecule has 0 aromatic carbocycles. The molecule has 18 heavy (non-hydrogen) atoms. The molecular formula is C11H15N3O2S2. The summed E-state index contributed by atoms with van der Waals surface area (Å²) < 4.78 is 26.8. The van der Waals surface area contributed by atoms with Gasteiger partial charge in [0.05, 0.1) is 0 Å². The van der Waals surface area contributed by atoms with Gasteiger partial charge in [-0.3, -0.25) is 0 Å². The van der Waals surface area contributed by atoms with E-state index in [0.717, 1.165) is 37.3 Å². The highest BCUT2D eigenvalue weighted by atomic mass is 32.2. The van der Waals surface area contributed by atoms with E-state index in [4.69, 9.17) is 5.26 Å². The molecule has 0 aliphatic carbocycles. The van der Waals surface area contributed by atoms with E-state index in [1.807, 2.05) is 6.07 Å². The lowest BCUT2D eigenvalue weighted by atomic mass is 9.99. The van der Waals surface area contributed by atoms with Crippen molar-refractivity contribution in [3.05, 3.63) is 17.0 Å². The second-order valence-electron chi connectivity index (χ2n) is 4.28. The van der Waals surface area contributed by atoms with Crippen LogP contribution in [0.1, 0.15) is 17.7 Å². The summed E-state index contributed by atoms with van der Waals surface area (Å²) in [5.41, 5.74) is 0. The third-order valence-electron chi connectivity index (χ3n) is 2.98. The van der Waals surface area contributed by atoms with Crippen LogP contribution in [-0.4, -0.2) is 28.1 Å². The molecule has 0 saturated carbocycles. The zero-order valence-corrected chi connectivity index (χ0v) is 11.5. The molecule has 0 atom stereocenters. The van der Waals surface area contributed by atoms with Crippen molar-refractivity contribution in [3.63, 3.8) is 0 Å². The average Bonchev–Trinajstić information content (AvgIpc) is 2.87. The molecule has 7 heteroatoms. The summed E-state index contributed by atoms with van der Waals surface area (Å²) in [7, 11) is -3.45. The Hall–Kier alpha value is -0.940. The fourth-order valence-corrected chi connectivity index (χ4v) is 4.17. The number of hydrogen-bond donors (Lipinski definition) is 2. The molecule has 1 aliphatic rings. The van der Waals surface area contributed by atoms with E-state index < -0.39 is 10.0 Å². The molecule has 0 radical (unpaired) electrons. The van der Waals surface area contributed by atoms with Crippen molar-refractivity contribution in [2.75, 3.05) is 19.6 Å². The number of thiophene rings is 1. The zero-order chi connectivity index (χ0) is 13.0. The molecule has 1 aromatic heterocycles. The molecule has 1 aromatic rings. The first-order chi connectivity index (χ1) is 8.62. The molecule has 1 fully saturated rings. The normalized spacial score (nSPS) is 17.5. The van der Waals surface area contributed by atoms with E-state index in [1.54, 1.807) is 0 Å². The van der Waals surface area contributed by atoms with Gasteiger partial charge in [-0.1, -0.05) is 0 Å². The highest BCUT2D eigenvalue weighted by Gasteiger charge is 2.20. The van der Waals surface area contributed by atoms with Crippen molar-refractivity contribution in [1.29, 1.82) is 5.26 Å². The number of hydrogen-bond acceptors (Lipinski definition) is 5. The van der Waals surface area contributed by atoms with Crippen LogP contribution in [-0.2, 0) is 10.0 Å². The SMILES string of the molecule is N#Cc1ccc(S(=O)(=O)NCC2CCNCC2)s1. The predicted octanol–water partition coefficient (Wildman–Crippen LogP) is 0.898. The summed E-state index contributed by atoms with van der Waals surface area (Å²) in [5, 5.41) is 11.9. The smallest absolute Gasteiger partial charge is 0.250 e. The van der Waals surface area contributed by atoms with E-state index in [1.165, 1.54) is 12.1 Å². The Morgan fingerprint density at radius 2 is 2.17 bits per heavy atom. The minimum atomic E-state index is -3.45. The summed E-state index contributed by atoms with van der Waals surface area (Å²) in [6.45, 7) is 2.37. The van der Waals surface area contributed by atoms with Crippen LogP contribution in [0.4, 0.5) is 0 Å². The molecule has 2 heterocycles. The quantitative estimate of drug-likeness (QED) is 0.861.